The van der Waals surface area contributed by atoms with Gasteiger partial charge in [0.05, 0.1) is 0 Å². The van der Waals surface area contributed by atoms with Crippen molar-refractivity contribution in [2.24, 2.45) is 11.5 Å². The normalized spacial score (nSPS) is 9.92. The van der Waals surface area contributed by atoms with Crippen molar-refractivity contribution in [3.63, 3.8) is 0 Å². The smallest absolute Gasteiger partial charge is 0.217 e. The molecule has 0 aromatic heterocycles. The number of rotatable bonds is 4. The van der Waals surface area contributed by atoms with Crippen LogP contribution >= 0.6 is 0 Å². The number of aryl methyl sites for hydroxylation is 1. The highest BCUT2D eigenvalue weighted by Gasteiger charge is 1.96. The summed E-state index contributed by atoms with van der Waals surface area (Å²) < 4.78 is 0. The Morgan fingerprint density at radius 2 is 1.69 bits per heavy atom. The molecular formula is C10H14N2O. The van der Waals surface area contributed by atoms with E-state index in [0.717, 1.165) is 11.1 Å². The lowest BCUT2D eigenvalue weighted by atomic mass is 10.1. The minimum absolute atomic E-state index is 0.261. The molecule has 1 aromatic rings. The van der Waals surface area contributed by atoms with Gasteiger partial charge >= 0.3 is 0 Å². The molecule has 3 heteroatoms. The van der Waals surface area contributed by atoms with Gasteiger partial charge in [-0.15, -0.1) is 0 Å². The molecule has 0 atom stereocenters. The molecule has 0 aliphatic carbocycles. The zero-order valence-corrected chi connectivity index (χ0v) is 7.49. The predicted octanol–water partition coefficient (Wildman–Crippen LogP) is 0.563. The SMILES string of the molecule is NCc1ccc(CCC(N)=O)cc1. The summed E-state index contributed by atoms with van der Waals surface area (Å²) in [5, 5.41) is 0. The standard InChI is InChI=1S/C10H14N2O/c11-7-9-3-1-8(2-4-9)5-6-10(12)13/h1-4H,5-7,11H2,(H2,12,13). The van der Waals surface area contributed by atoms with Crippen LogP contribution in [0.4, 0.5) is 0 Å². The van der Waals surface area contributed by atoms with E-state index in [2.05, 4.69) is 0 Å². The fraction of sp³-hybridized carbons (Fsp3) is 0.300. The largest absolute Gasteiger partial charge is 0.370 e. The molecule has 1 amide bonds. The van der Waals surface area contributed by atoms with E-state index in [-0.39, 0.29) is 5.91 Å². The molecule has 3 nitrogen and oxygen atoms in total. The summed E-state index contributed by atoms with van der Waals surface area (Å²) in [5.41, 5.74) is 12.7. The summed E-state index contributed by atoms with van der Waals surface area (Å²) in [7, 11) is 0. The number of primary amides is 1. The maximum Gasteiger partial charge on any atom is 0.217 e. The Bertz CT molecular complexity index is 279. The number of benzene rings is 1. The first-order chi connectivity index (χ1) is 6.22. The average Bonchev–Trinajstić information content (AvgIpc) is 2.15. The monoisotopic (exact) mass is 178 g/mol. The molecule has 70 valence electrons. The molecular weight excluding hydrogens is 164 g/mol. The van der Waals surface area contributed by atoms with Gasteiger partial charge < -0.3 is 11.5 Å². The molecule has 0 aliphatic heterocycles. The lowest BCUT2D eigenvalue weighted by Crippen LogP contribution is -2.11. The highest BCUT2D eigenvalue weighted by molar-refractivity contribution is 5.73. The van der Waals surface area contributed by atoms with E-state index < -0.39 is 0 Å². The first-order valence-corrected chi connectivity index (χ1v) is 4.28. The predicted molar refractivity (Wildman–Crippen MR) is 51.8 cm³/mol. The first kappa shape index (κ1) is 9.74. The van der Waals surface area contributed by atoms with Crippen LogP contribution in [0.2, 0.25) is 0 Å². The van der Waals surface area contributed by atoms with E-state index in [1.54, 1.807) is 0 Å². The molecule has 0 spiro atoms. The second kappa shape index (κ2) is 4.62. The molecule has 0 aliphatic rings. The van der Waals surface area contributed by atoms with Gasteiger partial charge in [0.15, 0.2) is 0 Å². The first-order valence-electron chi connectivity index (χ1n) is 4.28. The van der Waals surface area contributed by atoms with Crippen molar-refractivity contribution in [2.45, 2.75) is 19.4 Å². The summed E-state index contributed by atoms with van der Waals surface area (Å²) in [6, 6.07) is 7.89. The van der Waals surface area contributed by atoms with Crippen LogP contribution in [0.1, 0.15) is 17.5 Å². The number of hydrogen-bond donors (Lipinski definition) is 2. The third-order valence-corrected chi connectivity index (χ3v) is 1.92. The van der Waals surface area contributed by atoms with Gasteiger partial charge in [0.2, 0.25) is 5.91 Å². The Balaban J connectivity index is 2.54. The number of hydrogen-bond acceptors (Lipinski definition) is 2. The third kappa shape index (κ3) is 3.25. The minimum Gasteiger partial charge on any atom is -0.370 e. The van der Waals surface area contributed by atoms with E-state index in [1.807, 2.05) is 24.3 Å². The third-order valence-electron chi connectivity index (χ3n) is 1.92. The van der Waals surface area contributed by atoms with Crippen molar-refractivity contribution < 1.29 is 4.79 Å². The van der Waals surface area contributed by atoms with E-state index in [9.17, 15) is 4.79 Å². The molecule has 0 bridgehead atoms. The van der Waals surface area contributed by atoms with Crippen molar-refractivity contribution in [3.05, 3.63) is 35.4 Å². The average molecular weight is 178 g/mol. The molecule has 0 unspecified atom stereocenters. The van der Waals surface area contributed by atoms with E-state index >= 15 is 0 Å². The molecule has 0 saturated carbocycles. The van der Waals surface area contributed by atoms with Gasteiger partial charge in [0, 0.05) is 13.0 Å². The highest BCUT2D eigenvalue weighted by Crippen LogP contribution is 2.05. The van der Waals surface area contributed by atoms with Crippen LogP contribution in [0.5, 0.6) is 0 Å². The van der Waals surface area contributed by atoms with E-state index in [4.69, 9.17) is 11.5 Å². The Kier molecular flexibility index (Phi) is 3.46. The Morgan fingerprint density at radius 3 is 2.15 bits per heavy atom. The van der Waals surface area contributed by atoms with Gasteiger partial charge in [-0.25, -0.2) is 0 Å². The van der Waals surface area contributed by atoms with E-state index in [0.29, 0.717) is 19.4 Å². The topological polar surface area (TPSA) is 69.1 Å². The summed E-state index contributed by atoms with van der Waals surface area (Å²) in [5.74, 6) is -0.261. The van der Waals surface area contributed by atoms with Crippen LogP contribution in [-0.2, 0) is 17.8 Å². The van der Waals surface area contributed by atoms with Gasteiger partial charge in [0.25, 0.3) is 0 Å². The Labute approximate surface area is 77.7 Å². The van der Waals surface area contributed by atoms with Gasteiger partial charge in [-0.3, -0.25) is 4.79 Å². The van der Waals surface area contributed by atoms with Gasteiger partial charge in [-0.2, -0.15) is 0 Å². The number of amides is 1. The Morgan fingerprint density at radius 1 is 1.15 bits per heavy atom. The van der Waals surface area contributed by atoms with Gasteiger partial charge in [-0.1, -0.05) is 24.3 Å². The van der Waals surface area contributed by atoms with Crippen LogP contribution in [0.3, 0.4) is 0 Å². The van der Waals surface area contributed by atoms with Gasteiger partial charge in [0.1, 0.15) is 0 Å². The van der Waals surface area contributed by atoms with Crippen molar-refractivity contribution in [1.82, 2.24) is 0 Å². The number of carbonyl (C=O) groups is 1. The maximum absolute atomic E-state index is 10.5. The van der Waals surface area contributed by atoms with Crippen LogP contribution in [-0.4, -0.2) is 5.91 Å². The van der Waals surface area contributed by atoms with Crippen LogP contribution in [0.25, 0.3) is 0 Å². The molecule has 1 aromatic carbocycles. The lowest BCUT2D eigenvalue weighted by molar-refractivity contribution is -0.117. The number of carbonyl (C=O) groups excluding carboxylic acids is 1. The van der Waals surface area contributed by atoms with Crippen molar-refractivity contribution in [3.8, 4) is 0 Å². The zero-order chi connectivity index (χ0) is 9.68. The highest BCUT2D eigenvalue weighted by atomic mass is 16.1. The molecule has 4 N–H and O–H groups in total. The minimum atomic E-state index is -0.261. The molecule has 0 fully saturated rings. The summed E-state index contributed by atoms with van der Waals surface area (Å²) >= 11 is 0. The van der Waals surface area contributed by atoms with Crippen LogP contribution < -0.4 is 11.5 Å². The van der Waals surface area contributed by atoms with Gasteiger partial charge in [-0.05, 0) is 17.5 Å². The fourth-order valence-electron chi connectivity index (χ4n) is 1.11. The van der Waals surface area contributed by atoms with Crippen molar-refractivity contribution >= 4 is 5.91 Å². The van der Waals surface area contributed by atoms with Crippen LogP contribution in [0, 0.1) is 0 Å². The van der Waals surface area contributed by atoms with E-state index in [1.165, 1.54) is 0 Å². The summed E-state index contributed by atoms with van der Waals surface area (Å²) in [6.45, 7) is 0.552. The number of nitrogens with two attached hydrogens (primary N) is 2. The second-order valence-corrected chi connectivity index (χ2v) is 2.99. The maximum atomic E-state index is 10.5. The quantitative estimate of drug-likeness (QED) is 0.707. The molecule has 1 rings (SSSR count). The zero-order valence-electron chi connectivity index (χ0n) is 7.49. The molecule has 0 radical (unpaired) electrons. The summed E-state index contributed by atoms with van der Waals surface area (Å²) in [4.78, 5) is 10.5. The van der Waals surface area contributed by atoms with Crippen molar-refractivity contribution in [2.75, 3.05) is 0 Å². The molecule has 13 heavy (non-hydrogen) atoms. The Hall–Kier alpha value is -1.35. The van der Waals surface area contributed by atoms with Crippen molar-refractivity contribution in [1.29, 1.82) is 0 Å². The fourth-order valence-corrected chi connectivity index (χ4v) is 1.11. The molecule has 0 saturated heterocycles. The summed E-state index contributed by atoms with van der Waals surface area (Å²) in [6.07, 6.45) is 1.11. The second-order valence-electron chi connectivity index (χ2n) is 2.99. The lowest BCUT2D eigenvalue weighted by Gasteiger charge is -2.00. The van der Waals surface area contributed by atoms with Crippen LogP contribution in [0.15, 0.2) is 24.3 Å². The molecule has 0 heterocycles.